The van der Waals surface area contributed by atoms with E-state index in [0.717, 1.165) is 11.5 Å². The first kappa shape index (κ1) is 13.8. The number of benzene rings is 1. The third kappa shape index (κ3) is 2.64. The zero-order chi connectivity index (χ0) is 15.5. The molecule has 22 heavy (non-hydrogen) atoms. The number of fused-ring (bicyclic) bond motifs is 1. The van der Waals surface area contributed by atoms with Crippen molar-refractivity contribution in [2.75, 3.05) is 0 Å². The van der Waals surface area contributed by atoms with Crippen LogP contribution in [0.1, 0.15) is 21.8 Å². The van der Waals surface area contributed by atoms with Crippen molar-refractivity contribution in [1.29, 1.82) is 0 Å². The van der Waals surface area contributed by atoms with E-state index in [1.807, 2.05) is 18.2 Å². The molecule has 2 aromatic heterocycles. The molecule has 0 bridgehead atoms. The van der Waals surface area contributed by atoms with Gasteiger partial charge in [-0.25, -0.2) is 9.78 Å². The Kier molecular flexibility index (Phi) is 3.53. The first-order valence-corrected chi connectivity index (χ1v) is 6.54. The lowest BCUT2D eigenvalue weighted by atomic mass is 10.0. The van der Waals surface area contributed by atoms with Crippen LogP contribution in [-0.2, 0) is 4.79 Å². The summed E-state index contributed by atoms with van der Waals surface area (Å²) >= 11 is 0. The number of nitrogens with zero attached hydrogens (tertiary/aromatic N) is 1. The maximum absolute atomic E-state index is 12.5. The van der Waals surface area contributed by atoms with Crippen LogP contribution in [0, 0.1) is 0 Å². The second kappa shape index (κ2) is 5.65. The summed E-state index contributed by atoms with van der Waals surface area (Å²) in [4.78, 5) is 27.6. The Balaban J connectivity index is 2.19. The van der Waals surface area contributed by atoms with Crippen molar-refractivity contribution >= 4 is 28.7 Å². The van der Waals surface area contributed by atoms with Crippen molar-refractivity contribution in [2.24, 2.45) is 0 Å². The Morgan fingerprint density at radius 1 is 1.14 bits per heavy atom. The third-order valence-electron chi connectivity index (χ3n) is 3.13. The first-order valence-electron chi connectivity index (χ1n) is 6.54. The number of para-hydroxylation sites is 1. The van der Waals surface area contributed by atoms with E-state index >= 15 is 0 Å². The van der Waals surface area contributed by atoms with Gasteiger partial charge in [-0.1, -0.05) is 18.2 Å². The number of pyridine rings is 1. The molecule has 2 heterocycles. The van der Waals surface area contributed by atoms with Gasteiger partial charge in [0.25, 0.3) is 0 Å². The molecule has 0 fully saturated rings. The quantitative estimate of drug-likeness (QED) is 0.590. The summed E-state index contributed by atoms with van der Waals surface area (Å²) < 4.78 is 5.12. The standard InChI is InChI=1S/C17H11NO4/c19-16(20)8-7-14-12(17(21)15-6-3-9-22-15)10-11-4-1-2-5-13(11)18-14/h1-10H,(H,19,20)/b8-7+. The van der Waals surface area contributed by atoms with E-state index in [2.05, 4.69) is 4.98 Å². The van der Waals surface area contributed by atoms with Gasteiger partial charge in [-0.15, -0.1) is 0 Å². The monoisotopic (exact) mass is 293 g/mol. The summed E-state index contributed by atoms with van der Waals surface area (Å²) in [5, 5.41) is 9.58. The summed E-state index contributed by atoms with van der Waals surface area (Å²) in [6.07, 6.45) is 3.68. The van der Waals surface area contributed by atoms with Crippen molar-refractivity contribution in [3.8, 4) is 0 Å². The normalized spacial score (nSPS) is 11.1. The molecule has 1 N–H and O–H groups in total. The van der Waals surface area contributed by atoms with Crippen LogP contribution in [0.15, 0.2) is 59.2 Å². The molecular formula is C17H11NO4. The molecule has 5 heteroatoms. The average Bonchev–Trinajstić information content (AvgIpc) is 3.05. The van der Waals surface area contributed by atoms with Crippen LogP contribution in [0.25, 0.3) is 17.0 Å². The molecule has 0 spiro atoms. The molecule has 0 aliphatic carbocycles. The predicted molar refractivity (Wildman–Crippen MR) is 80.6 cm³/mol. The second-order valence-corrected chi connectivity index (χ2v) is 4.59. The summed E-state index contributed by atoms with van der Waals surface area (Å²) in [6, 6.07) is 12.2. The van der Waals surface area contributed by atoms with Crippen LogP contribution < -0.4 is 0 Å². The molecule has 0 atom stereocenters. The number of furan rings is 1. The van der Waals surface area contributed by atoms with E-state index in [0.29, 0.717) is 16.8 Å². The second-order valence-electron chi connectivity index (χ2n) is 4.59. The first-order chi connectivity index (χ1) is 10.6. The number of hydrogen-bond acceptors (Lipinski definition) is 4. The van der Waals surface area contributed by atoms with E-state index in [9.17, 15) is 9.59 Å². The Bertz CT molecular complexity index is 879. The number of ketones is 1. The summed E-state index contributed by atoms with van der Waals surface area (Å²) in [5.41, 5.74) is 1.28. The van der Waals surface area contributed by atoms with Crippen molar-refractivity contribution < 1.29 is 19.1 Å². The van der Waals surface area contributed by atoms with Gasteiger partial charge in [0.2, 0.25) is 5.78 Å². The van der Waals surface area contributed by atoms with Gasteiger partial charge < -0.3 is 9.52 Å². The van der Waals surface area contributed by atoms with E-state index in [1.54, 1.807) is 24.3 Å². The average molecular weight is 293 g/mol. The number of carboxylic acids is 1. The Morgan fingerprint density at radius 3 is 2.68 bits per heavy atom. The number of hydrogen-bond donors (Lipinski definition) is 1. The zero-order valence-electron chi connectivity index (χ0n) is 11.4. The van der Waals surface area contributed by atoms with Crippen LogP contribution in [0.5, 0.6) is 0 Å². The van der Waals surface area contributed by atoms with Crippen molar-refractivity contribution in [1.82, 2.24) is 4.98 Å². The minimum atomic E-state index is -1.11. The molecule has 0 radical (unpaired) electrons. The molecule has 1 aromatic carbocycles. The molecule has 0 saturated heterocycles. The number of aromatic nitrogens is 1. The fourth-order valence-electron chi connectivity index (χ4n) is 2.13. The fraction of sp³-hybridized carbons (Fsp3) is 0. The van der Waals surface area contributed by atoms with Gasteiger partial charge in [-0.2, -0.15) is 0 Å². The molecule has 0 unspecified atom stereocenters. The van der Waals surface area contributed by atoms with Crippen molar-refractivity contribution in [3.63, 3.8) is 0 Å². The number of carbonyl (C=O) groups is 2. The SMILES string of the molecule is O=C(O)/C=C/c1nc2ccccc2cc1C(=O)c1ccco1. The van der Waals surface area contributed by atoms with Crippen LogP contribution in [0.2, 0.25) is 0 Å². The Hall–Kier alpha value is -3.21. The molecule has 3 aromatic rings. The van der Waals surface area contributed by atoms with Gasteiger partial charge in [0.1, 0.15) is 0 Å². The molecule has 0 aliphatic rings. The number of rotatable bonds is 4. The molecule has 108 valence electrons. The van der Waals surface area contributed by atoms with Crippen molar-refractivity contribution in [3.05, 3.63) is 71.8 Å². The molecular weight excluding hydrogens is 282 g/mol. The predicted octanol–water partition coefficient (Wildman–Crippen LogP) is 3.16. The Morgan fingerprint density at radius 2 is 1.95 bits per heavy atom. The molecule has 3 rings (SSSR count). The number of carboxylic acid groups (broad SMARTS) is 1. The van der Waals surface area contributed by atoms with Gasteiger partial charge >= 0.3 is 5.97 Å². The zero-order valence-corrected chi connectivity index (χ0v) is 11.4. The number of carbonyl (C=O) groups excluding carboxylic acids is 1. The highest BCUT2D eigenvalue weighted by Crippen LogP contribution is 2.21. The lowest BCUT2D eigenvalue weighted by molar-refractivity contribution is -0.131. The van der Waals surface area contributed by atoms with Gasteiger partial charge in [0.15, 0.2) is 5.76 Å². The van der Waals surface area contributed by atoms with E-state index in [-0.39, 0.29) is 11.5 Å². The third-order valence-corrected chi connectivity index (χ3v) is 3.13. The molecule has 5 nitrogen and oxygen atoms in total. The maximum atomic E-state index is 12.5. The van der Waals surface area contributed by atoms with Gasteiger partial charge in [-0.3, -0.25) is 4.79 Å². The molecule has 0 amide bonds. The van der Waals surface area contributed by atoms with Gasteiger partial charge in [0, 0.05) is 11.5 Å². The number of aliphatic carboxylic acids is 1. The topological polar surface area (TPSA) is 80.4 Å². The van der Waals surface area contributed by atoms with Crippen LogP contribution in [-0.4, -0.2) is 21.8 Å². The van der Waals surface area contributed by atoms with Gasteiger partial charge in [-0.05, 0) is 30.3 Å². The highest BCUT2D eigenvalue weighted by Gasteiger charge is 2.17. The smallest absolute Gasteiger partial charge is 0.328 e. The van der Waals surface area contributed by atoms with Crippen LogP contribution in [0.3, 0.4) is 0 Å². The highest BCUT2D eigenvalue weighted by atomic mass is 16.4. The van der Waals surface area contributed by atoms with E-state index < -0.39 is 5.97 Å². The van der Waals surface area contributed by atoms with E-state index in [4.69, 9.17) is 9.52 Å². The van der Waals surface area contributed by atoms with E-state index in [1.165, 1.54) is 12.3 Å². The fourth-order valence-corrected chi connectivity index (χ4v) is 2.13. The summed E-state index contributed by atoms with van der Waals surface area (Å²) in [5.74, 6) is -1.26. The van der Waals surface area contributed by atoms with Gasteiger partial charge in [0.05, 0.1) is 23.0 Å². The summed E-state index contributed by atoms with van der Waals surface area (Å²) in [6.45, 7) is 0. The lowest BCUT2D eigenvalue weighted by Gasteiger charge is -2.06. The molecule has 0 saturated carbocycles. The largest absolute Gasteiger partial charge is 0.478 e. The van der Waals surface area contributed by atoms with Crippen molar-refractivity contribution in [2.45, 2.75) is 0 Å². The maximum Gasteiger partial charge on any atom is 0.328 e. The lowest BCUT2D eigenvalue weighted by Crippen LogP contribution is -2.05. The van der Waals surface area contributed by atoms with Crippen LogP contribution >= 0.6 is 0 Å². The van der Waals surface area contributed by atoms with Crippen LogP contribution in [0.4, 0.5) is 0 Å². The summed E-state index contributed by atoms with van der Waals surface area (Å²) in [7, 11) is 0. The minimum Gasteiger partial charge on any atom is -0.478 e. The highest BCUT2D eigenvalue weighted by molar-refractivity contribution is 6.10. The minimum absolute atomic E-state index is 0.182. The Labute approximate surface area is 125 Å². The molecule has 0 aliphatic heterocycles.